The fraction of sp³-hybridized carbons (Fsp3) is 0.364. The molecule has 8 heteroatoms. The van der Waals surface area contributed by atoms with Gasteiger partial charge in [0.25, 0.3) is 0 Å². The van der Waals surface area contributed by atoms with Crippen molar-refractivity contribution in [2.45, 2.75) is 51.8 Å². The maximum atomic E-state index is 14.2. The van der Waals surface area contributed by atoms with Gasteiger partial charge in [-0.3, -0.25) is 0 Å². The zero-order valence-electron chi connectivity index (χ0n) is 16.6. The van der Waals surface area contributed by atoms with E-state index in [0.29, 0.717) is 17.5 Å². The van der Waals surface area contributed by atoms with E-state index in [9.17, 15) is 22.0 Å². The van der Waals surface area contributed by atoms with Crippen molar-refractivity contribution in [1.82, 2.24) is 0 Å². The van der Waals surface area contributed by atoms with Crippen LogP contribution in [0, 0.1) is 11.6 Å². The van der Waals surface area contributed by atoms with Gasteiger partial charge in [0.15, 0.2) is 0 Å². The van der Waals surface area contributed by atoms with Crippen LogP contribution in [0.5, 0.6) is 5.75 Å². The van der Waals surface area contributed by atoms with Crippen molar-refractivity contribution < 1.29 is 26.7 Å². The third-order valence-corrected chi connectivity index (χ3v) is 4.28. The lowest BCUT2D eigenvalue weighted by Gasteiger charge is -2.08. The van der Waals surface area contributed by atoms with E-state index in [2.05, 4.69) is 21.9 Å². The van der Waals surface area contributed by atoms with Gasteiger partial charge in [-0.25, -0.2) is 8.78 Å². The summed E-state index contributed by atoms with van der Waals surface area (Å²) in [5, 5.41) is 7.29. The lowest BCUT2D eigenvalue weighted by atomic mass is 10.0. The lowest BCUT2D eigenvalue weighted by Crippen LogP contribution is -2.16. The molecule has 0 aromatic heterocycles. The van der Waals surface area contributed by atoms with Crippen molar-refractivity contribution >= 4 is 12.4 Å². The molecule has 3 nitrogen and oxygen atoms in total. The number of alkyl halides is 3. The van der Waals surface area contributed by atoms with Crippen molar-refractivity contribution in [3.63, 3.8) is 0 Å². The van der Waals surface area contributed by atoms with Gasteiger partial charge >= 0.3 is 6.36 Å². The Kier molecular flexibility index (Phi) is 8.95. The predicted molar refractivity (Wildman–Crippen MR) is 107 cm³/mol. The number of benzene rings is 2. The highest BCUT2D eigenvalue weighted by Crippen LogP contribution is 2.22. The summed E-state index contributed by atoms with van der Waals surface area (Å²) in [4.78, 5) is 0. The first-order valence-electron chi connectivity index (χ1n) is 9.68. The molecule has 0 fully saturated rings. The van der Waals surface area contributed by atoms with E-state index in [1.54, 1.807) is 0 Å². The number of rotatable bonds is 10. The number of unbranched alkanes of at least 4 members (excludes halogenated alkanes) is 4. The van der Waals surface area contributed by atoms with E-state index in [4.69, 9.17) is 0 Å². The quantitative estimate of drug-likeness (QED) is 0.177. The van der Waals surface area contributed by atoms with E-state index < -0.39 is 18.0 Å². The molecule has 0 saturated carbocycles. The molecule has 0 bridgehead atoms. The molecule has 2 rings (SSSR count). The van der Waals surface area contributed by atoms with Gasteiger partial charge in [0.05, 0.1) is 18.0 Å². The first kappa shape index (κ1) is 23.5. The van der Waals surface area contributed by atoms with Crippen LogP contribution in [0.3, 0.4) is 0 Å². The van der Waals surface area contributed by atoms with E-state index >= 15 is 0 Å². The summed E-state index contributed by atoms with van der Waals surface area (Å²) in [5.74, 6) is -1.80. The largest absolute Gasteiger partial charge is 0.573 e. The molecule has 162 valence electrons. The molecular weight excluding hydrogens is 403 g/mol. The highest BCUT2D eigenvalue weighted by Gasteiger charge is 2.30. The molecule has 30 heavy (non-hydrogen) atoms. The molecular formula is C22H23F5N2O. The minimum absolute atomic E-state index is 0.296. The smallest absolute Gasteiger partial charge is 0.406 e. The fourth-order valence-corrected chi connectivity index (χ4v) is 2.78. The molecule has 0 heterocycles. The Balaban J connectivity index is 1.93. The Bertz CT molecular complexity index is 838. The lowest BCUT2D eigenvalue weighted by molar-refractivity contribution is -0.274. The third-order valence-electron chi connectivity index (χ3n) is 4.28. The van der Waals surface area contributed by atoms with Gasteiger partial charge in [0.1, 0.15) is 17.4 Å². The second-order valence-corrected chi connectivity index (χ2v) is 6.74. The van der Waals surface area contributed by atoms with E-state index in [1.807, 2.05) is 0 Å². The zero-order chi connectivity index (χ0) is 22.0. The first-order valence-corrected chi connectivity index (χ1v) is 9.68. The van der Waals surface area contributed by atoms with Gasteiger partial charge in [-0.2, -0.15) is 10.2 Å². The van der Waals surface area contributed by atoms with Crippen molar-refractivity contribution in [1.29, 1.82) is 0 Å². The molecule has 0 aliphatic heterocycles. The molecule has 0 aliphatic carbocycles. The summed E-state index contributed by atoms with van der Waals surface area (Å²) in [6, 6.07) is 7.53. The third kappa shape index (κ3) is 8.31. The molecule has 0 radical (unpaired) electrons. The second-order valence-electron chi connectivity index (χ2n) is 6.74. The van der Waals surface area contributed by atoms with Gasteiger partial charge in [-0.1, -0.05) is 32.6 Å². The minimum atomic E-state index is -4.77. The minimum Gasteiger partial charge on any atom is -0.406 e. The monoisotopic (exact) mass is 426 g/mol. The van der Waals surface area contributed by atoms with Crippen molar-refractivity contribution in [2.24, 2.45) is 10.2 Å². The molecule has 0 spiro atoms. The molecule has 0 unspecified atom stereocenters. The summed E-state index contributed by atoms with van der Waals surface area (Å²) in [6.07, 6.45) is 3.37. The van der Waals surface area contributed by atoms with Gasteiger partial charge in [-0.05, 0) is 60.4 Å². The number of nitrogens with zero attached hydrogens (tertiary/aromatic N) is 2. The average Bonchev–Trinajstić information content (AvgIpc) is 2.67. The Morgan fingerprint density at radius 1 is 0.867 bits per heavy atom. The van der Waals surface area contributed by atoms with E-state index in [-0.39, 0.29) is 11.3 Å². The Morgan fingerprint density at radius 2 is 1.47 bits per heavy atom. The summed E-state index contributed by atoms with van der Waals surface area (Å²) in [7, 11) is 0. The van der Waals surface area contributed by atoms with Crippen LogP contribution in [0.25, 0.3) is 0 Å². The summed E-state index contributed by atoms with van der Waals surface area (Å²) >= 11 is 0. The first-order chi connectivity index (χ1) is 14.3. The van der Waals surface area contributed by atoms with Crippen LogP contribution in [0.15, 0.2) is 46.6 Å². The number of hydrogen-bond donors (Lipinski definition) is 0. The highest BCUT2D eigenvalue weighted by molar-refractivity contribution is 5.83. The molecule has 0 saturated heterocycles. The Hall–Kier alpha value is -2.77. The number of hydrogen-bond acceptors (Lipinski definition) is 3. The maximum Gasteiger partial charge on any atom is 0.573 e. The molecule has 0 atom stereocenters. The van der Waals surface area contributed by atoms with Crippen molar-refractivity contribution in [3.8, 4) is 5.75 Å². The number of aryl methyl sites for hydroxylation is 1. The molecule has 2 aromatic carbocycles. The topological polar surface area (TPSA) is 34.0 Å². The van der Waals surface area contributed by atoms with Crippen LogP contribution in [0.2, 0.25) is 0 Å². The number of ether oxygens (including phenoxy) is 1. The molecule has 0 aliphatic rings. The summed E-state index contributed by atoms with van der Waals surface area (Å²) in [5.41, 5.74) is 0.750. The van der Waals surface area contributed by atoms with Crippen LogP contribution in [-0.2, 0) is 6.42 Å². The average molecular weight is 426 g/mol. The van der Waals surface area contributed by atoms with Crippen molar-refractivity contribution in [2.75, 3.05) is 0 Å². The van der Waals surface area contributed by atoms with Gasteiger partial charge < -0.3 is 4.74 Å². The fourth-order valence-electron chi connectivity index (χ4n) is 2.78. The highest BCUT2D eigenvalue weighted by atomic mass is 19.4. The summed E-state index contributed by atoms with van der Waals surface area (Å²) < 4.78 is 68.5. The molecule has 0 N–H and O–H groups in total. The van der Waals surface area contributed by atoms with Crippen LogP contribution in [0.4, 0.5) is 22.0 Å². The van der Waals surface area contributed by atoms with Crippen LogP contribution >= 0.6 is 0 Å². The van der Waals surface area contributed by atoms with Crippen LogP contribution in [0.1, 0.15) is 55.7 Å². The Labute approximate surface area is 172 Å². The molecule has 2 aromatic rings. The standard InChI is InChI=1S/C22H23F5N2O/c1-2-3-4-5-6-7-17-12-20(23)19(21(24)13-17)15-29-28-14-16-8-10-18(11-9-16)30-22(25,26)27/h8-15H,2-7H2,1H3/b28-14-,29-15+. The van der Waals surface area contributed by atoms with E-state index in [1.165, 1.54) is 30.5 Å². The second kappa shape index (κ2) is 11.4. The van der Waals surface area contributed by atoms with Crippen molar-refractivity contribution in [3.05, 3.63) is 64.7 Å². The number of halogens is 5. The molecule has 0 amide bonds. The van der Waals surface area contributed by atoms with Gasteiger partial charge in [0, 0.05) is 0 Å². The maximum absolute atomic E-state index is 14.2. The van der Waals surface area contributed by atoms with Crippen LogP contribution < -0.4 is 4.74 Å². The normalized spacial score (nSPS) is 12.2. The van der Waals surface area contributed by atoms with Gasteiger partial charge in [0.2, 0.25) is 0 Å². The van der Waals surface area contributed by atoms with E-state index in [0.717, 1.165) is 50.5 Å². The predicted octanol–water partition coefficient (Wildman–Crippen LogP) is 6.83. The Morgan fingerprint density at radius 3 is 2.07 bits per heavy atom. The SMILES string of the molecule is CCCCCCCc1cc(F)c(/C=N/N=C\c2ccc(OC(F)(F)F)cc2)c(F)c1. The summed E-state index contributed by atoms with van der Waals surface area (Å²) in [6.45, 7) is 2.12. The zero-order valence-corrected chi connectivity index (χ0v) is 16.6. The van der Waals surface area contributed by atoms with Gasteiger partial charge in [-0.15, -0.1) is 13.2 Å². The van der Waals surface area contributed by atoms with Crippen LogP contribution in [-0.4, -0.2) is 18.8 Å².